The van der Waals surface area contributed by atoms with Gasteiger partial charge in [-0.15, -0.1) is 0 Å². The van der Waals surface area contributed by atoms with Crippen LogP contribution in [0.2, 0.25) is 5.02 Å². The first-order chi connectivity index (χ1) is 12.4. The molecule has 0 amide bonds. The van der Waals surface area contributed by atoms with Crippen LogP contribution in [0.1, 0.15) is 16.2 Å². The van der Waals surface area contributed by atoms with E-state index in [-0.39, 0.29) is 29.5 Å². The number of carbonyl (C=O) groups excluding carboxylic acids is 1. The van der Waals surface area contributed by atoms with Crippen LogP contribution in [0, 0.1) is 5.82 Å². The monoisotopic (exact) mass is 378 g/mol. The van der Waals surface area contributed by atoms with Crippen molar-refractivity contribution < 1.29 is 28.6 Å². The first-order valence-corrected chi connectivity index (χ1v) is 7.68. The summed E-state index contributed by atoms with van der Waals surface area (Å²) in [6, 6.07) is 6.83. The second kappa shape index (κ2) is 7.01. The highest BCUT2D eigenvalue weighted by Gasteiger charge is 2.18. The molecule has 0 fully saturated rings. The third-order valence-electron chi connectivity index (χ3n) is 3.64. The van der Waals surface area contributed by atoms with E-state index < -0.39 is 11.9 Å². The summed E-state index contributed by atoms with van der Waals surface area (Å²) < 4.78 is 25.3. The maximum atomic E-state index is 13.8. The number of fused-ring (bicyclic) bond motifs is 1. The number of halogens is 2. The zero-order valence-corrected chi connectivity index (χ0v) is 14.2. The number of nitrogens with zero attached hydrogens (tertiary/aromatic N) is 2. The van der Waals surface area contributed by atoms with Gasteiger partial charge in [-0.2, -0.15) is 0 Å². The highest BCUT2D eigenvalue weighted by molar-refractivity contribution is 6.31. The Morgan fingerprint density at radius 2 is 2.12 bits per heavy atom. The number of aromatic nitrogens is 2. The van der Waals surface area contributed by atoms with E-state index >= 15 is 0 Å². The van der Waals surface area contributed by atoms with Crippen molar-refractivity contribution in [3.8, 4) is 11.5 Å². The van der Waals surface area contributed by atoms with Crippen molar-refractivity contribution >= 4 is 35.0 Å². The van der Waals surface area contributed by atoms with Crippen molar-refractivity contribution in [3.63, 3.8) is 0 Å². The summed E-state index contributed by atoms with van der Waals surface area (Å²) in [7, 11) is 1.34. The van der Waals surface area contributed by atoms with Gasteiger partial charge in [0.25, 0.3) is 0 Å². The number of imidazole rings is 1. The van der Waals surface area contributed by atoms with Gasteiger partial charge in [0.2, 0.25) is 0 Å². The Morgan fingerprint density at radius 3 is 2.77 bits per heavy atom. The molecule has 3 rings (SSSR count). The van der Waals surface area contributed by atoms with Crippen molar-refractivity contribution in [1.82, 2.24) is 9.55 Å². The molecule has 0 bridgehead atoms. The number of methoxy groups -OCH3 is 1. The quantitative estimate of drug-likeness (QED) is 0.680. The van der Waals surface area contributed by atoms with Gasteiger partial charge in [0.1, 0.15) is 12.4 Å². The molecule has 0 aliphatic carbocycles. The van der Waals surface area contributed by atoms with Crippen LogP contribution in [0.4, 0.5) is 9.18 Å². The molecule has 0 unspecified atom stereocenters. The zero-order chi connectivity index (χ0) is 18.8. The first-order valence-electron chi connectivity index (χ1n) is 7.30. The van der Waals surface area contributed by atoms with Crippen LogP contribution in [0.25, 0.3) is 11.0 Å². The van der Waals surface area contributed by atoms with E-state index in [2.05, 4.69) is 4.98 Å². The van der Waals surface area contributed by atoms with Crippen molar-refractivity contribution in [2.45, 2.75) is 6.61 Å². The molecule has 0 aliphatic rings. The van der Waals surface area contributed by atoms with Gasteiger partial charge in [-0.05, 0) is 24.3 Å². The number of hydrogen-bond acceptors (Lipinski definition) is 5. The molecular formula is C17H12ClFN2O5. The van der Waals surface area contributed by atoms with Crippen LogP contribution in [-0.2, 0) is 6.61 Å². The summed E-state index contributed by atoms with van der Waals surface area (Å²) >= 11 is 5.91. The summed E-state index contributed by atoms with van der Waals surface area (Å²) in [5.74, 6) is -0.557. The second-order valence-electron chi connectivity index (χ2n) is 5.21. The predicted octanol–water partition coefficient (Wildman–Crippen LogP) is 3.76. The fourth-order valence-corrected chi connectivity index (χ4v) is 2.63. The molecule has 0 saturated heterocycles. The molecule has 1 heterocycles. The molecule has 0 spiro atoms. The molecule has 2 aromatic carbocycles. The average Bonchev–Trinajstić information content (AvgIpc) is 2.97. The Labute approximate surface area is 151 Å². The van der Waals surface area contributed by atoms with E-state index in [1.165, 1.54) is 19.2 Å². The first kappa shape index (κ1) is 17.7. The topological polar surface area (TPSA) is 90.7 Å². The smallest absolute Gasteiger partial charge is 0.417 e. The largest absolute Gasteiger partial charge is 0.493 e. The molecular weight excluding hydrogens is 367 g/mol. The minimum Gasteiger partial charge on any atom is -0.493 e. The van der Waals surface area contributed by atoms with E-state index in [1.807, 2.05) is 0 Å². The van der Waals surface area contributed by atoms with E-state index in [0.717, 1.165) is 10.6 Å². The maximum Gasteiger partial charge on any atom is 0.417 e. The Kier molecular flexibility index (Phi) is 4.77. The Bertz CT molecular complexity index is 1020. The van der Waals surface area contributed by atoms with Crippen molar-refractivity contribution in [1.29, 1.82) is 0 Å². The Balaban J connectivity index is 1.98. The second-order valence-corrected chi connectivity index (χ2v) is 5.65. The molecule has 0 aliphatic heterocycles. The van der Waals surface area contributed by atoms with Gasteiger partial charge in [-0.25, -0.2) is 18.7 Å². The number of carbonyl (C=O) groups is 2. The third-order valence-corrected chi connectivity index (χ3v) is 3.88. The number of hydrogen-bond donors (Lipinski definition) is 1. The summed E-state index contributed by atoms with van der Waals surface area (Å²) in [5.41, 5.74) is 0.546. The van der Waals surface area contributed by atoms with Crippen LogP contribution in [0.15, 0.2) is 30.3 Å². The standard InChI is InChI=1S/C17H12ClFN2O5/c1-25-14-4-9(7-22)11(19)6-15(14)26-8-16-20-12-3-2-10(18)5-13(12)21(16)17(23)24/h2-7H,8H2,1H3,(H,23,24). The number of aldehydes is 1. The summed E-state index contributed by atoms with van der Waals surface area (Å²) in [5, 5.41) is 9.82. The van der Waals surface area contributed by atoms with Crippen LogP contribution >= 0.6 is 11.6 Å². The van der Waals surface area contributed by atoms with E-state index in [4.69, 9.17) is 21.1 Å². The Morgan fingerprint density at radius 1 is 1.35 bits per heavy atom. The van der Waals surface area contributed by atoms with Crippen molar-refractivity contribution in [3.05, 3.63) is 52.6 Å². The van der Waals surface area contributed by atoms with Gasteiger partial charge >= 0.3 is 6.09 Å². The molecule has 1 aromatic heterocycles. The molecule has 9 heteroatoms. The van der Waals surface area contributed by atoms with Gasteiger partial charge < -0.3 is 14.6 Å². The van der Waals surface area contributed by atoms with Gasteiger partial charge in [-0.1, -0.05) is 11.6 Å². The molecule has 3 aromatic rings. The van der Waals surface area contributed by atoms with E-state index in [9.17, 15) is 19.1 Å². The lowest BCUT2D eigenvalue weighted by Crippen LogP contribution is -2.14. The van der Waals surface area contributed by atoms with Crippen LogP contribution in [-0.4, -0.2) is 34.1 Å². The minimum atomic E-state index is -1.26. The molecule has 0 atom stereocenters. The normalized spacial score (nSPS) is 10.7. The van der Waals surface area contributed by atoms with Gasteiger partial charge in [0.15, 0.2) is 23.6 Å². The summed E-state index contributed by atoms with van der Waals surface area (Å²) in [4.78, 5) is 26.6. The molecule has 7 nitrogen and oxygen atoms in total. The number of rotatable bonds is 5. The van der Waals surface area contributed by atoms with Gasteiger partial charge in [0, 0.05) is 11.1 Å². The highest BCUT2D eigenvalue weighted by Crippen LogP contribution is 2.30. The average molecular weight is 379 g/mol. The van der Waals surface area contributed by atoms with Crippen molar-refractivity contribution in [2.75, 3.05) is 7.11 Å². The van der Waals surface area contributed by atoms with E-state index in [0.29, 0.717) is 22.3 Å². The lowest BCUT2D eigenvalue weighted by atomic mass is 10.2. The molecule has 26 heavy (non-hydrogen) atoms. The van der Waals surface area contributed by atoms with Crippen molar-refractivity contribution in [2.24, 2.45) is 0 Å². The lowest BCUT2D eigenvalue weighted by molar-refractivity contribution is 0.111. The predicted molar refractivity (Wildman–Crippen MR) is 90.8 cm³/mol. The highest BCUT2D eigenvalue weighted by atomic mass is 35.5. The van der Waals surface area contributed by atoms with E-state index in [1.54, 1.807) is 12.1 Å². The minimum absolute atomic E-state index is 0.0117. The molecule has 0 radical (unpaired) electrons. The molecule has 0 saturated carbocycles. The fraction of sp³-hybridized carbons (Fsp3) is 0.118. The number of carboxylic acid groups (broad SMARTS) is 1. The van der Waals surface area contributed by atoms with Gasteiger partial charge in [0.05, 0.1) is 23.7 Å². The number of benzene rings is 2. The van der Waals surface area contributed by atoms with Gasteiger partial charge in [-0.3, -0.25) is 4.79 Å². The summed E-state index contributed by atoms with van der Waals surface area (Å²) in [6.07, 6.45) is -0.905. The number of ether oxygens (including phenoxy) is 2. The molecule has 1 N–H and O–H groups in total. The van der Waals surface area contributed by atoms with Crippen LogP contribution in [0.3, 0.4) is 0 Å². The summed E-state index contributed by atoms with van der Waals surface area (Å²) in [6.45, 7) is -0.269. The fourth-order valence-electron chi connectivity index (χ4n) is 2.46. The maximum absolute atomic E-state index is 13.8. The molecule has 134 valence electrons. The van der Waals surface area contributed by atoms with Crippen LogP contribution < -0.4 is 9.47 Å². The van der Waals surface area contributed by atoms with Crippen LogP contribution in [0.5, 0.6) is 11.5 Å². The zero-order valence-electron chi connectivity index (χ0n) is 13.4. The third kappa shape index (κ3) is 3.18. The Hall–Kier alpha value is -3.13. The SMILES string of the molecule is COc1cc(C=O)c(F)cc1OCc1nc2ccc(Cl)cc2n1C(=O)O. The lowest BCUT2D eigenvalue weighted by Gasteiger charge is -2.11.